The lowest BCUT2D eigenvalue weighted by Crippen LogP contribution is -2.50. The van der Waals surface area contributed by atoms with Gasteiger partial charge in [0.05, 0.1) is 25.4 Å². The second kappa shape index (κ2) is 13.5. The molecular weight excluding hydrogens is 298 g/mol. The van der Waals surface area contributed by atoms with Crippen LogP contribution in [0.15, 0.2) is 60.7 Å². The Morgan fingerprint density at radius 3 is 1.00 bits per heavy atom. The van der Waals surface area contributed by atoms with Crippen molar-refractivity contribution < 1.29 is 25.5 Å². The number of rotatable bonds is 3. The number of aliphatic hydroxyl groups is 3. The minimum absolute atomic E-state index is 0. The topological polar surface area (TPSA) is 127 Å². The van der Waals surface area contributed by atoms with E-state index < -0.39 is 25.4 Å². The predicted molar refractivity (Wildman–Crippen MR) is 91.1 cm³/mol. The first kappa shape index (κ1) is 23.2. The Morgan fingerprint density at radius 1 is 0.652 bits per heavy atom. The van der Waals surface area contributed by atoms with Crippen LogP contribution < -0.4 is 5.73 Å². The Bertz CT molecular complexity index is 429. The van der Waals surface area contributed by atoms with E-state index in [2.05, 4.69) is 0 Å². The molecule has 0 aliphatic heterocycles. The smallest absolute Gasteiger partial charge is 0.115 e. The van der Waals surface area contributed by atoms with Crippen LogP contribution in [-0.4, -0.2) is 50.9 Å². The minimum atomic E-state index is -1.21. The fourth-order valence-corrected chi connectivity index (χ4v) is 1.01. The lowest BCUT2D eigenvalue weighted by atomic mass is 10.1. The molecule has 0 aliphatic carbocycles. The lowest BCUT2D eigenvalue weighted by Gasteiger charge is -2.20. The molecule has 0 bridgehead atoms. The summed E-state index contributed by atoms with van der Waals surface area (Å²) in [5.74, 6) is 0.644. The largest absolute Gasteiger partial charge is 0.508 e. The summed E-state index contributed by atoms with van der Waals surface area (Å²) in [5.41, 5.74) is 3.94. The van der Waals surface area contributed by atoms with Gasteiger partial charge in [-0.15, -0.1) is 0 Å². The van der Waals surface area contributed by atoms with Gasteiger partial charge in [-0.05, 0) is 24.3 Å². The first-order chi connectivity index (χ1) is 10.5. The van der Waals surface area contributed by atoms with Crippen LogP contribution in [-0.2, 0) is 0 Å². The Balaban J connectivity index is 0. The number of nitrogens with two attached hydrogens (primary N) is 1. The van der Waals surface area contributed by atoms with Crippen LogP contribution in [0.2, 0.25) is 0 Å². The number of phenolic OH excluding ortho intramolecular Hbond substituents is 2. The molecule has 6 heteroatoms. The average Bonchev–Trinajstić information content (AvgIpc) is 2.57. The van der Waals surface area contributed by atoms with Crippen molar-refractivity contribution >= 4 is 0 Å². The van der Waals surface area contributed by atoms with Crippen molar-refractivity contribution in [3.8, 4) is 11.5 Å². The van der Waals surface area contributed by atoms with E-state index in [9.17, 15) is 0 Å². The van der Waals surface area contributed by atoms with Crippen molar-refractivity contribution in [3.05, 3.63) is 60.7 Å². The van der Waals surface area contributed by atoms with E-state index in [1.807, 2.05) is 12.1 Å². The SMILES string of the molecule is C.NC(CO)(CO)CO.Oc1ccccc1.Oc1ccccc1. The number of benzene rings is 2. The van der Waals surface area contributed by atoms with E-state index in [1.54, 1.807) is 48.5 Å². The maximum atomic E-state index is 8.63. The third-order valence-electron chi connectivity index (χ3n) is 2.46. The van der Waals surface area contributed by atoms with Crippen molar-refractivity contribution in [2.24, 2.45) is 5.73 Å². The van der Waals surface area contributed by atoms with E-state index in [1.165, 1.54) is 0 Å². The van der Waals surface area contributed by atoms with Crippen LogP contribution in [0.5, 0.6) is 11.5 Å². The van der Waals surface area contributed by atoms with Gasteiger partial charge in [-0.25, -0.2) is 0 Å². The van der Waals surface area contributed by atoms with Crippen LogP contribution in [0.4, 0.5) is 0 Å². The van der Waals surface area contributed by atoms with E-state index in [-0.39, 0.29) is 7.43 Å². The molecule has 6 nitrogen and oxygen atoms in total. The van der Waals surface area contributed by atoms with Crippen LogP contribution in [0.25, 0.3) is 0 Å². The number of aliphatic hydroxyl groups excluding tert-OH is 3. The first-order valence-corrected chi connectivity index (χ1v) is 6.57. The fourth-order valence-electron chi connectivity index (χ4n) is 1.01. The summed E-state index contributed by atoms with van der Waals surface area (Å²) in [6, 6.07) is 17.4. The van der Waals surface area contributed by atoms with Crippen LogP contribution in [0.3, 0.4) is 0 Å². The van der Waals surface area contributed by atoms with Gasteiger partial charge in [-0.2, -0.15) is 0 Å². The van der Waals surface area contributed by atoms with Gasteiger partial charge in [0, 0.05) is 0 Å². The Morgan fingerprint density at radius 2 is 0.913 bits per heavy atom. The Labute approximate surface area is 137 Å². The normalized spacial score (nSPS) is 9.39. The van der Waals surface area contributed by atoms with Gasteiger partial charge in [0.25, 0.3) is 0 Å². The van der Waals surface area contributed by atoms with Gasteiger partial charge in [0.1, 0.15) is 11.5 Å². The van der Waals surface area contributed by atoms with Crippen LogP contribution in [0, 0.1) is 0 Å². The summed E-state index contributed by atoms with van der Waals surface area (Å²) in [5, 5.41) is 42.3. The molecule has 7 N–H and O–H groups in total. The highest BCUT2D eigenvalue weighted by atomic mass is 16.3. The van der Waals surface area contributed by atoms with Crippen LogP contribution in [0.1, 0.15) is 7.43 Å². The molecule has 0 spiro atoms. The molecule has 0 saturated heterocycles. The van der Waals surface area contributed by atoms with E-state index >= 15 is 0 Å². The monoisotopic (exact) mass is 325 g/mol. The maximum Gasteiger partial charge on any atom is 0.115 e. The lowest BCUT2D eigenvalue weighted by molar-refractivity contribution is 0.0698. The molecule has 0 fully saturated rings. The number of aromatic hydroxyl groups is 2. The van der Waals surface area contributed by atoms with Gasteiger partial charge >= 0.3 is 0 Å². The molecule has 0 aromatic heterocycles. The molecule has 2 aromatic rings. The first-order valence-electron chi connectivity index (χ1n) is 6.57. The summed E-state index contributed by atoms with van der Waals surface area (Å²) in [7, 11) is 0. The van der Waals surface area contributed by atoms with Crippen molar-refractivity contribution in [3.63, 3.8) is 0 Å². The van der Waals surface area contributed by atoms with E-state index in [0.29, 0.717) is 11.5 Å². The van der Waals surface area contributed by atoms with Crippen molar-refractivity contribution in [1.82, 2.24) is 0 Å². The van der Waals surface area contributed by atoms with Crippen molar-refractivity contribution in [2.45, 2.75) is 13.0 Å². The molecule has 0 amide bonds. The summed E-state index contributed by atoms with van der Waals surface area (Å²) in [6.45, 7) is -1.21. The average molecular weight is 325 g/mol. The summed E-state index contributed by atoms with van der Waals surface area (Å²) in [4.78, 5) is 0. The van der Waals surface area contributed by atoms with Gasteiger partial charge in [-0.1, -0.05) is 43.8 Å². The van der Waals surface area contributed by atoms with E-state index in [0.717, 1.165) is 0 Å². The highest BCUT2D eigenvalue weighted by Gasteiger charge is 2.20. The number of hydrogen-bond donors (Lipinski definition) is 6. The molecule has 130 valence electrons. The Hall–Kier alpha value is -2.12. The molecule has 0 aliphatic rings. The van der Waals surface area contributed by atoms with Gasteiger partial charge in [-0.3, -0.25) is 0 Å². The molecule has 0 unspecified atom stereocenters. The van der Waals surface area contributed by atoms with Gasteiger partial charge in [0.15, 0.2) is 0 Å². The summed E-state index contributed by atoms with van der Waals surface area (Å²) >= 11 is 0. The third kappa shape index (κ3) is 12.1. The second-order valence-electron chi connectivity index (χ2n) is 4.51. The standard InChI is InChI=1S/2C6H6O.C4H11NO3.CH4/c2*7-6-4-2-1-3-5-6;5-4(1-6,2-7)3-8;/h2*1-5,7H;6-8H,1-3,5H2;1H4. The Kier molecular flexibility index (Phi) is 13.6. The molecular formula is C17H27NO5. The van der Waals surface area contributed by atoms with E-state index in [4.69, 9.17) is 31.3 Å². The molecule has 2 rings (SSSR count). The molecule has 0 saturated carbocycles. The highest BCUT2D eigenvalue weighted by Crippen LogP contribution is 2.03. The zero-order valence-electron chi connectivity index (χ0n) is 12.2. The fraction of sp³-hybridized carbons (Fsp3) is 0.294. The maximum absolute atomic E-state index is 8.63. The quantitative estimate of drug-likeness (QED) is 0.501. The summed E-state index contributed by atoms with van der Waals surface area (Å²) < 4.78 is 0. The second-order valence-corrected chi connectivity index (χ2v) is 4.51. The number of para-hydroxylation sites is 2. The summed E-state index contributed by atoms with van der Waals surface area (Å²) in [6.07, 6.45) is 0. The zero-order chi connectivity index (χ0) is 16.8. The molecule has 23 heavy (non-hydrogen) atoms. The van der Waals surface area contributed by atoms with Crippen molar-refractivity contribution in [1.29, 1.82) is 0 Å². The number of hydrogen-bond acceptors (Lipinski definition) is 6. The predicted octanol–water partition coefficient (Wildman–Crippen LogP) is 1.08. The van der Waals surface area contributed by atoms with Crippen molar-refractivity contribution in [2.75, 3.05) is 19.8 Å². The van der Waals surface area contributed by atoms with Gasteiger partial charge < -0.3 is 31.3 Å². The van der Waals surface area contributed by atoms with Crippen LogP contribution >= 0.6 is 0 Å². The van der Waals surface area contributed by atoms with Gasteiger partial charge in [0.2, 0.25) is 0 Å². The molecule has 2 aromatic carbocycles. The highest BCUT2D eigenvalue weighted by molar-refractivity contribution is 5.19. The zero-order valence-corrected chi connectivity index (χ0v) is 12.2. The molecule has 0 heterocycles. The molecule has 0 radical (unpaired) electrons. The molecule has 0 atom stereocenters. The number of phenols is 2. The minimum Gasteiger partial charge on any atom is -0.508 e. The third-order valence-corrected chi connectivity index (χ3v) is 2.46.